The molecule has 1 N–H and O–H groups in total. The number of hydrogen-bond acceptors (Lipinski definition) is 9. The normalized spacial score (nSPS) is 12.1. The van der Waals surface area contributed by atoms with Crippen molar-refractivity contribution in [3.63, 3.8) is 0 Å². The van der Waals surface area contributed by atoms with Crippen LogP contribution >= 0.6 is 11.3 Å². The van der Waals surface area contributed by atoms with E-state index < -0.39 is 10.0 Å². The average molecular weight is 471 g/mol. The summed E-state index contributed by atoms with van der Waals surface area (Å²) < 4.78 is 33.4. The lowest BCUT2D eigenvalue weighted by Crippen LogP contribution is -2.39. The minimum atomic E-state index is -3.51. The van der Waals surface area contributed by atoms with E-state index in [1.54, 1.807) is 31.0 Å². The number of nitrogens with one attached hydrogen (secondary N) is 1. The number of nitrogens with zero attached hydrogens (tertiary/aromatic N) is 6. The number of azo groups is 1. The first kappa shape index (κ1) is 24.8. The van der Waals surface area contributed by atoms with Crippen molar-refractivity contribution in [1.82, 2.24) is 5.10 Å². The fourth-order valence-electron chi connectivity index (χ4n) is 3.10. The zero-order chi connectivity index (χ0) is 23.5. The van der Waals surface area contributed by atoms with E-state index in [0.717, 1.165) is 11.4 Å². The van der Waals surface area contributed by atoms with Gasteiger partial charge in [0.2, 0.25) is 15.2 Å². The van der Waals surface area contributed by atoms with Gasteiger partial charge < -0.3 is 14.5 Å². The third kappa shape index (κ3) is 6.26. The van der Waals surface area contributed by atoms with E-state index in [1.807, 2.05) is 19.0 Å². The molecular weight excluding hydrogens is 438 g/mol. The molecule has 1 heterocycles. The molecule has 0 radical (unpaired) electrons. The highest BCUT2D eigenvalue weighted by Gasteiger charge is 2.24. The number of hydrogen-bond donors (Lipinski definition) is 1. The van der Waals surface area contributed by atoms with Gasteiger partial charge in [-0.15, -0.1) is 4.68 Å². The number of sulfonamides is 1. The third-order valence-corrected chi connectivity index (χ3v) is 5.94. The van der Waals surface area contributed by atoms with E-state index in [1.165, 1.54) is 11.3 Å². The summed E-state index contributed by atoms with van der Waals surface area (Å²) in [5.41, 5.74) is 1.37. The van der Waals surface area contributed by atoms with Crippen LogP contribution in [0.5, 0.6) is 5.75 Å². The maximum Gasteiger partial charge on any atom is 0.431 e. The number of aryl methyl sites for hydroxylation is 1. The van der Waals surface area contributed by atoms with Crippen molar-refractivity contribution in [1.29, 1.82) is 0 Å². The number of benzene rings is 1. The van der Waals surface area contributed by atoms with E-state index in [9.17, 15) is 8.42 Å². The van der Waals surface area contributed by atoms with E-state index >= 15 is 0 Å². The SMILES string of the molecule is COc1cc(N=Nc2sc(N(C(C)C)C(C)C)n[n+]2C)c(NS(C)(=O)=O)cc1N(C)C. The molecule has 12 heteroatoms. The molecule has 0 unspecified atom stereocenters. The molecule has 0 saturated carbocycles. The Kier molecular flexibility index (Phi) is 7.82. The van der Waals surface area contributed by atoms with Crippen molar-refractivity contribution in [3.8, 4) is 5.75 Å². The zero-order valence-electron chi connectivity index (χ0n) is 19.5. The molecule has 0 aliphatic carbocycles. The topological polar surface area (TPSA) is 103 Å². The van der Waals surface area contributed by atoms with Crippen molar-refractivity contribution >= 4 is 48.7 Å². The highest BCUT2D eigenvalue weighted by molar-refractivity contribution is 7.92. The van der Waals surface area contributed by atoms with Gasteiger partial charge in [-0.1, -0.05) is 5.10 Å². The number of ether oxygens (including phenoxy) is 1. The van der Waals surface area contributed by atoms with Gasteiger partial charge in [0.1, 0.15) is 18.5 Å². The Bertz CT molecular complexity index is 1040. The summed E-state index contributed by atoms with van der Waals surface area (Å²) in [6, 6.07) is 3.89. The molecule has 1 aromatic carbocycles. The lowest BCUT2D eigenvalue weighted by molar-refractivity contribution is -0.712. The Morgan fingerprint density at radius 3 is 2.26 bits per heavy atom. The molecule has 0 atom stereocenters. The summed E-state index contributed by atoms with van der Waals surface area (Å²) in [5, 5.41) is 14.7. The Hall–Kier alpha value is -2.47. The molecule has 31 heavy (non-hydrogen) atoms. The number of aromatic nitrogens is 2. The van der Waals surface area contributed by atoms with Crippen LogP contribution in [-0.2, 0) is 17.1 Å². The highest BCUT2D eigenvalue weighted by atomic mass is 32.2. The lowest BCUT2D eigenvalue weighted by atomic mass is 10.2. The number of rotatable bonds is 9. The quantitative estimate of drug-likeness (QED) is 0.445. The Balaban J connectivity index is 2.52. The fraction of sp³-hybridized carbons (Fsp3) is 0.579. The van der Waals surface area contributed by atoms with Crippen LogP contribution in [0.2, 0.25) is 0 Å². The minimum absolute atomic E-state index is 0.282. The molecule has 2 rings (SSSR count). The summed E-state index contributed by atoms with van der Waals surface area (Å²) in [7, 11) is 3.53. The first-order valence-corrected chi connectivity index (χ1v) is 12.5. The maximum atomic E-state index is 11.9. The zero-order valence-corrected chi connectivity index (χ0v) is 21.2. The van der Waals surface area contributed by atoms with Crippen LogP contribution < -0.4 is 23.9 Å². The highest BCUT2D eigenvalue weighted by Crippen LogP contribution is 2.39. The van der Waals surface area contributed by atoms with Crippen LogP contribution in [0, 0.1) is 0 Å². The number of methoxy groups -OCH3 is 1. The van der Waals surface area contributed by atoms with E-state index in [-0.39, 0.29) is 12.1 Å². The summed E-state index contributed by atoms with van der Waals surface area (Å²) >= 11 is 1.42. The molecule has 0 fully saturated rings. The van der Waals surface area contributed by atoms with Gasteiger partial charge in [-0.05, 0) is 50.2 Å². The van der Waals surface area contributed by atoms with Gasteiger partial charge in [0, 0.05) is 32.2 Å². The van der Waals surface area contributed by atoms with Crippen molar-refractivity contribution in [2.24, 2.45) is 17.3 Å². The molecule has 0 aliphatic rings. The van der Waals surface area contributed by atoms with Gasteiger partial charge in [0.15, 0.2) is 0 Å². The summed E-state index contributed by atoms with van der Waals surface area (Å²) in [5.74, 6) is 0.554. The molecule has 0 bridgehead atoms. The van der Waals surface area contributed by atoms with Gasteiger partial charge in [0.05, 0.1) is 29.9 Å². The van der Waals surface area contributed by atoms with Crippen LogP contribution in [0.1, 0.15) is 27.7 Å². The lowest BCUT2D eigenvalue weighted by Gasteiger charge is -2.28. The third-order valence-electron chi connectivity index (χ3n) is 4.35. The molecule has 10 nitrogen and oxygen atoms in total. The van der Waals surface area contributed by atoms with Crippen molar-refractivity contribution in [2.75, 3.05) is 42.0 Å². The summed E-state index contributed by atoms with van der Waals surface area (Å²) in [4.78, 5) is 4.03. The van der Waals surface area contributed by atoms with Crippen LogP contribution in [0.15, 0.2) is 22.4 Å². The first-order valence-electron chi connectivity index (χ1n) is 9.78. The van der Waals surface area contributed by atoms with Gasteiger partial charge in [-0.25, -0.2) is 8.42 Å². The van der Waals surface area contributed by atoms with Gasteiger partial charge >= 0.3 is 5.13 Å². The van der Waals surface area contributed by atoms with Crippen LogP contribution in [0.3, 0.4) is 0 Å². The van der Waals surface area contributed by atoms with Crippen molar-refractivity contribution < 1.29 is 17.8 Å². The second kappa shape index (κ2) is 9.77. The smallest absolute Gasteiger partial charge is 0.431 e. The fourth-order valence-corrected chi connectivity index (χ4v) is 4.77. The van der Waals surface area contributed by atoms with Gasteiger partial charge in [-0.3, -0.25) is 4.72 Å². The Labute approximate surface area is 188 Å². The number of anilines is 3. The maximum absolute atomic E-state index is 11.9. The monoisotopic (exact) mass is 470 g/mol. The first-order chi connectivity index (χ1) is 14.3. The van der Waals surface area contributed by atoms with Gasteiger partial charge in [0.25, 0.3) is 0 Å². The standard InChI is InChI=1S/C19H31N7O3S2/c1-12(2)26(13(3)4)19-22-25(7)18(30-19)21-20-14-11-17(29-8)16(24(5)6)10-15(14)23-31(9,27)28/h10-13H,1-9H3/p+1. The largest absolute Gasteiger partial charge is 0.494 e. The van der Waals surface area contributed by atoms with E-state index in [4.69, 9.17) is 4.74 Å². The molecule has 2 aromatic rings. The minimum Gasteiger partial charge on any atom is -0.494 e. The second-order valence-electron chi connectivity index (χ2n) is 7.90. The van der Waals surface area contributed by atoms with Crippen LogP contribution in [0.25, 0.3) is 0 Å². The van der Waals surface area contributed by atoms with Crippen molar-refractivity contribution in [2.45, 2.75) is 39.8 Å². The molecule has 0 saturated heterocycles. The van der Waals surface area contributed by atoms with Crippen LogP contribution in [0.4, 0.5) is 27.3 Å². The summed E-state index contributed by atoms with van der Waals surface area (Å²) in [6.45, 7) is 8.46. The van der Waals surface area contributed by atoms with Crippen LogP contribution in [-0.4, -0.2) is 53.1 Å². The molecular formula is C19H32N7O3S2+. The Morgan fingerprint density at radius 1 is 1.16 bits per heavy atom. The van der Waals surface area contributed by atoms with Gasteiger partial charge in [-0.2, -0.15) is 0 Å². The van der Waals surface area contributed by atoms with Crippen molar-refractivity contribution in [3.05, 3.63) is 12.1 Å². The summed E-state index contributed by atoms with van der Waals surface area (Å²) in [6.07, 6.45) is 1.09. The van der Waals surface area contributed by atoms with E-state index in [2.05, 4.69) is 52.6 Å². The molecule has 172 valence electrons. The average Bonchev–Trinajstić information content (AvgIpc) is 2.98. The van der Waals surface area contributed by atoms with E-state index in [0.29, 0.717) is 27.9 Å². The molecule has 0 aliphatic heterocycles. The predicted molar refractivity (Wildman–Crippen MR) is 126 cm³/mol. The molecule has 0 amide bonds. The second-order valence-corrected chi connectivity index (χ2v) is 10.6. The predicted octanol–water partition coefficient (Wildman–Crippen LogP) is 3.45. The molecule has 1 aromatic heterocycles. The molecule has 0 spiro atoms. The Morgan fingerprint density at radius 2 is 1.77 bits per heavy atom.